The smallest absolute Gasteiger partial charge is 0.146 e. The Hall–Kier alpha value is 0.640. The summed E-state index contributed by atoms with van der Waals surface area (Å²) in [7, 11) is 0. The Labute approximate surface area is 196 Å². The van der Waals surface area contributed by atoms with E-state index >= 15 is 0 Å². The Balaban J connectivity index is 0.000000480. The first-order valence-electron chi connectivity index (χ1n) is 10.6. The van der Waals surface area contributed by atoms with Crippen LogP contribution in [0.15, 0.2) is 41.0 Å². The number of allylic oxidation sites excluding steroid dienone is 8. The van der Waals surface area contributed by atoms with Crippen LogP contribution in [-0.2, 0) is 23.2 Å². The summed E-state index contributed by atoms with van der Waals surface area (Å²) in [5.41, 5.74) is 7.09. The minimum Gasteiger partial charge on any atom is -0.146 e. The molecule has 0 amide bonds. The molecule has 28 heavy (non-hydrogen) atoms. The molecule has 0 unspecified atom stereocenters. The van der Waals surface area contributed by atoms with Gasteiger partial charge in [0, 0.05) is 0 Å². The maximum Gasteiger partial charge on any atom is 0.250 e. The quantitative estimate of drug-likeness (QED) is 0.257. The molecule has 0 fully saturated rings. The Kier molecular flexibility index (Phi) is 9.81. The summed E-state index contributed by atoms with van der Waals surface area (Å²) < 4.78 is 3.61. The average molecular weight is 519 g/mol. The van der Waals surface area contributed by atoms with Crippen LogP contribution in [0.4, 0.5) is 0 Å². The second kappa shape index (κ2) is 10.3. The van der Waals surface area contributed by atoms with Crippen molar-refractivity contribution < 1.29 is 23.2 Å². The van der Waals surface area contributed by atoms with Crippen LogP contribution in [0, 0.1) is 10.8 Å². The third kappa shape index (κ3) is 8.05. The molecule has 0 saturated carbocycles. The van der Waals surface area contributed by atoms with Gasteiger partial charge < -0.3 is 0 Å². The molecule has 0 saturated heterocycles. The Morgan fingerprint density at radius 1 is 0.786 bits per heavy atom. The van der Waals surface area contributed by atoms with Crippen molar-refractivity contribution in [3.63, 3.8) is 0 Å². The van der Waals surface area contributed by atoms with Crippen LogP contribution >= 0.6 is 22.2 Å². The fourth-order valence-corrected chi connectivity index (χ4v) is 7.23. The summed E-state index contributed by atoms with van der Waals surface area (Å²) >= 11 is 11.0. The van der Waals surface area contributed by atoms with Gasteiger partial charge >= 0.3 is 143 Å². The molecule has 0 spiro atoms. The second-order valence-corrected chi connectivity index (χ2v) is 21.8. The van der Waals surface area contributed by atoms with Crippen LogP contribution < -0.4 is 0 Å². The van der Waals surface area contributed by atoms with Gasteiger partial charge in [0.2, 0.25) is 0 Å². The van der Waals surface area contributed by atoms with Crippen molar-refractivity contribution in [2.24, 2.45) is 10.8 Å². The predicted octanol–water partition coefficient (Wildman–Crippen LogP) is 9.32. The first-order chi connectivity index (χ1) is 12.6. The van der Waals surface area contributed by atoms with Crippen LogP contribution in [0.3, 0.4) is 0 Å². The molecule has 4 heteroatoms. The molecule has 0 bridgehead atoms. The maximum absolute atomic E-state index is 5.81. The van der Waals surface area contributed by atoms with Crippen LogP contribution in [-0.4, -0.2) is 6.69 Å². The van der Waals surface area contributed by atoms with Crippen LogP contribution in [0.1, 0.15) is 82.1 Å². The third-order valence-corrected chi connectivity index (χ3v) is 15.3. The third-order valence-electron chi connectivity index (χ3n) is 5.73. The normalized spacial score (nSPS) is 18.1. The molecule has 2 aliphatic carbocycles. The van der Waals surface area contributed by atoms with Crippen molar-refractivity contribution in [1.82, 2.24) is 0 Å². The first-order valence-corrected chi connectivity index (χ1v) is 17.5. The molecule has 0 N–H and O–H groups in total. The average Bonchev–Trinajstić information content (AvgIpc) is 3.12. The fourth-order valence-electron chi connectivity index (χ4n) is 3.14. The molecule has 0 heterocycles. The summed E-state index contributed by atoms with van der Waals surface area (Å²) in [5.74, 6) is 0. The van der Waals surface area contributed by atoms with Gasteiger partial charge in [-0.25, -0.2) is 0 Å². The molecular formula is C24H40Cl2SiZr. The Morgan fingerprint density at radius 3 is 1.29 bits per heavy atom. The van der Waals surface area contributed by atoms with Gasteiger partial charge in [0.05, 0.1) is 0 Å². The number of hydrogen-bond donors (Lipinski definition) is 0. The molecule has 158 valence electrons. The van der Waals surface area contributed by atoms with Crippen LogP contribution in [0.25, 0.3) is 0 Å². The van der Waals surface area contributed by atoms with Crippen molar-refractivity contribution in [3.05, 3.63) is 41.0 Å². The van der Waals surface area contributed by atoms with Gasteiger partial charge in [0.25, 0.3) is 6.69 Å². The molecule has 0 nitrogen and oxygen atoms in total. The summed E-state index contributed by atoms with van der Waals surface area (Å²) in [4.78, 5) is 0. The Bertz CT molecular complexity index is 637. The second-order valence-electron chi connectivity index (χ2n) is 10.2. The van der Waals surface area contributed by atoms with E-state index in [0.717, 1.165) is 12.1 Å². The van der Waals surface area contributed by atoms with Gasteiger partial charge in [-0.1, -0.05) is 13.8 Å². The standard InChI is InChI=1S/2C10H15.C4H10Cl2Si.Zr/c2*1-8-5-6-9(7-8)10(2,3)4;1-3-7(5,6)4-2;/h2*7H,6H2,1-4H3;3-4H2,1-2H3;. The molecule has 2 rings (SSSR count). The minimum absolute atomic E-state index is 0.330. The van der Waals surface area contributed by atoms with E-state index in [1.165, 1.54) is 12.8 Å². The van der Waals surface area contributed by atoms with Crippen molar-refractivity contribution in [2.45, 2.75) is 94.2 Å². The Morgan fingerprint density at radius 2 is 1.11 bits per heavy atom. The van der Waals surface area contributed by atoms with Crippen molar-refractivity contribution in [3.8, 4) is 0 Å². The largest absolute Gasteiger partial charge is 0.250 e. The van der Waals surface area contributed by atoms with Gasteiger partial charge in [-0.15, -0.1) is 22.2 Å². The molecule has 0 aliphatic heterocycles. The number of hydrogen-bond acceptors (Lipinski definition) is 0. The zero-order valence-electron chi connectivity index (χ0n) is 19.7. The SMILES string of the molecule is CC1=[C]([Zr][C]2=C(C)C=C(C(C)(C)C)C2)CC(C(C)(C)C)=C1.CC[Si](Cl)(Cl)CC. The van der Waals surface area contributed by atoms with Gasteiger partial charge in [-0.05, 0) is 12.1 Å². The van der Waals surface area contributed by atoms with Crippen molar-refractivity contribution in [1.29, 1.82) is 0 Å². The summed E-state index contributed by atoms with van der Waals surface area (Å²) in [6.07, 6.45) is 7.45. The van der Waals surface area contributed by atoms with E-state index in [0.29, 0.717) is 10.8 Å². The first kappa shape index (κ1) is 26.7. The van der Waals surface area contributed by atoms with Crippen LogP contribution in [0.5, 0.6) is 0 Å². The van der Waals surface area contributed by atoms with E-state index in [2.05, 4.69) is 67.5 Å². The monoisotopic (exact) mass is 516 g/mol. The van der Waals surface area contributed by atoms with Gasteiger partial charge in [-0.3, -0.25) is 0 Å². The fraction of sp³-hybridized carbons (Fsp3) is 0.667. The predicted molar refractivity (Wildman–Crippen MR) is 128 cm³/mol. The molecule has 0 atom stereocenters. The zero-order valence-corrected chi connectivity index (χ0v) is 24.7. The van der Waals surface area contributed by atoms with Crippen LogP contribution in [0.2, 0.25) is 12.1 Å². The minimum atomic E-state index is -1.71. The van der Waals surface area contributed by atoms with E-state index in [9.17, 15) is 0 Å². The summed E-state index contributed by atoms with van der Waals surface area (Å²) in [5, 5.41) is 0. The van der Waals surface area contributed by atoms with Gasteiger partial charge in [-0.2, -0.15) is 0 Å². The zero-order chi connectivity index (χ0) is 21.9. The van der Waals surface area contributed by atoms with Crippen molar-refractivity contribution in [2.75, 3.05) is 0 Å². The molecular weight excluding hydrogens is 478 g/mol. The molecule has 0 aromatic carbocycles. The molecule has 2 aliphatic rings. The maximum atomic E-state index is 5.81. The van der Waals surface area contributed by atoms with Gasteiger partial charge in [0.1, 0.15) is 0 Å². The summed E-state index contributed by atoms with van der Waals surface area (Å²) in [6.45, 7) is 21.1. The topological polar surface area (TPSA) is 0 Å². The molecule has 0 aromatic heterocycles. The summed E-state index contributed by atoms with van der Waals surface area (Å²) in [6, 6.07) is 1.93. The van der Waals surface area contributed by atoms with Crippen molar-refractivity contribution >= 4 is 28.9 Å². The van der Waals surface area contributed by atoms with E-state index in [-0.39, 0.29) is 0 Å². The number of rotatable bonds is 4. The van der Waals surface area contributed by atoms with E-state index in [4.69, 9.17) is 22.2 Å². The van der Waals surface area contributed by atoms with E-state index < -0.39 is 29.9 Å². The molecule has 0 aromatic rings. The van der Waals surface area contributed by atoms with E-state index in [1.54, 1.807) is 28.9 Å². The van der Waals surface area contributed by atoms with E-state index in [1.807, 2.05) is 13.8 Å². The number of halogens is 2. The van der Waals surface area contributed by atoms with Gasteiger partial charge in [0.15, 0.2) is 0 Å². The molecule has 0 radical (unpaired) electrons.